The lowest BCUT2D eigenvalue weighted by atomic mass is 9.81. The molecule has 138 valence electrons. The van der Waals surface area contributed by atoms with Crippen LogP contribution in [0.2, 0.25) is 0 Å². The molecule has 1 aromatic carbocycles. The van der Waals surface area contributed by atoms with Crippen molar-refractivity contribution >= 4 is 26.9 Å². The van der Waals surface area contributed by atoms with Crippen LogP contribution in [0.1, 0.15) is 5.56 Å². The monoisotopic (exact) mass is 375 g/mol. The number of fused-ring (bicyclic) bond motifs is 2. The van der Waals surface area contributed by atoms with Gasteiger partial charge in [-0.25, -0.2) is 12.7 Å². The largest absolute Gasteiger partial charge is 0.481 e. The molecule has 0 amide bonds. The summed E-state index contributed by atoms with van der Waals surface area (Å²) in [5.41, 5.74) is 1.00. The van der Waals surface area contributed by atoms with Crippen molar-refractivity contribution in [3.63, 3.8) is 0 Å². The van der Waals surface area contributed by atoms with Crippen molar-refractivity contribution in [1.29, 1.82) is 0 Å². The number of hydrogen-bond donors (Lipinski definition) is 1. The first-order chi connectivity index (χ1) is 12.3. The molecule has 2 saturated heterocycles. The predicted molar refractivity (Wildman–Crippen MR) is 97.0 cm³/mol. The van der Waals surface area contributed by atoms with Gasteiger partial charge in [0.05, 0.1) is 17.2 Å². The average molecular weight is 375 g/mol. The molecule has 26 heavy (non-hydrogen) atoms. The number of rotatable bonds is 4. The van der Waals surface area contributed by atoms with E-state index in [0.717, 1.165) is 22.7 Å². The fraction of sp³-hybridized carbons (Fsp3) is 0.444. The lowest BCUT2D eigenvalue weighted by Gasteiger charge is -2.25. The highest BCUT2D eigenvalue weighted by molar-refractivity contribution is 7.88. The van der Waals surface area contributed by atoms with Gasteiger partial charge in [-0.2, -0.15) is 0 Å². The van der Waals surface area contributed by atoms with Gasteiger partial charge in [0.2, 0.25) is 10.0 Å². The lowest BCUT2D eigenvalue weighted by molar-refractivity contribution is -0.148. The second kappa shape index (κ2) is 6.00. The zero-order valence-electron chi connectivity index (χ0n) is 14.5. The van der Waals surface area contributed by atoms with Crippen LogP contribution in [0.4, 0.5) is 0 Å². The third-order valence-electron chi connectivity index (χ3n) is 5.68. The minimum Gasteiger partial charge on any atom is -0.481 e. The number of hydrogen-bond acceptors (Lipinski definition) is 5. The highest BCUT2D eigenvalue weighted by Crippen LogP contribution is 2.44. The molecule has 7 nitrogen and oxygen atoms in total. The number of benzene rings is 1. The van der Waals surface area contributed by atoms with Gasteiger partial charge in [-0.3, -0.25) is 14.7 Å². The number of carboxylic acids is 1. The van der Waals surface area contributed by atoms with Crippen molar-refractivity contribution in [2.45, 2.75) is 6.54 Å². The zero-order chi connectivity index (χ0) is 18.5. The van der Waals surface area contributed by atoms with Crippen LogP contribution in [0, 0.1) is 11.3 Å². The lowest BCUT2D eigenvalue weighted by Crippen LogP contribution is -2.41. The van der Waals surface area contributed by atoms with Crippen LogP contribution in [0.5, 0.6) is 0 Å². The molecule has 1 aromatic heterocycles. The summed E-state index contributed by atoms with van der Waals surface area (Å²) < 4.78 is 25.0. The van der Waals surface area contributed by atoms with Crippen molar-refractivity contribution in [2.75, 3.05) is 32.4 Å². The van der Waals surface area contributed by atoms with E-state index in [1.165, 1.54) is 4.31 Å². The molecule has 0 aliphatic carbocycles. The van der Waals surface area contributed by atoms with E-state index in [9.17, 15) is 18.3 Å². The molecule has 0 saturated carbocycles. The molecule has 0 bridgehead atoms. The fourth-order valence-electron chi connectivity index (χ4n) is 4.33. The molecule has 1 N–H and O–H groups in total. The maximum absolute atomic E-state index is 12.0. The van der Waals surface area contributed by atoms with E-state index in [4.69, 9.17) is 0 Å². The van der Waals surface area contributed by atoms with E-state index in [1.54, 1.807) is 6.20 Å². The van der Waals surface area contributed by atoms with Gasteiger partial charge in [0.1, 0.15) is 0 Å². The summed E-state index contributed by atoms with van der Waals surface area (Å²) >= 11 is 0. The summed E-state index contributed by atoms with van der Waals surface area (Å²) in [6, 6.07) is 9.85. The quantitative estimate of drug-likeness (QED) is 0.858. The van der Waals surface area contributed by atoms with E-state index in [-0.39, 0.29) is 19.0 Å². The topological polar surface area (TPSA) is 90.8 Å². The van der Waals surface area contributed by atoms with Gasteiger partial charge < -0.3 is 5.11 Å². The zero-order valence-corrected chi connectivity index (χ0v) is 15.3. The van der Waals surface area contributed by atoms with Crippen molar-refractivity contribution in [3.05, 3.63) is 42.1 Å². The Labute approximate surface area is 152 Å². The number of sulfonamides is 1. The highest BCUT2D eigenvalue weighted by Gasteiger charge is 2.59. The Morgan fingerprint density at radius 2 is 2.04 bits per heavy atom. The maximum Gasteiger partial charge on any atom is 0.312 e. The average Bonchev–Trinajstić information content (AvgIpc) is 3.10. The molecule has 2 fully saturated rings. The van der Waals surface area contributed by atoms with E-state index in [0.29, 0.717) is 19.6 Å². The minimum atomic E-state index is -3.38. The summed E-state index contributed by atoms with van der Waals surface area (Å²) in [4.78, 5) is 18.5. The molecule has 8 heteroatoms. The molecule has 3 heterocycles. The van der Waals surface area contributed by atoms with E-state index in [1.807, 2.05) is 30.3 Å². The van der Waals surface area contributed by atoms with E-state index < -0.39 is 21.4 Å². The van der Waals surface area contributed by atoms with Crippen LogP contribution in [0.3, 0.4) is 0 Å². The number of carbonyl (C=O) groups is 1. The Hall–Kier alpha value is -2.03. The van der Waals surface area contributed by atoms with Gasteiger partial charge in [0.25, 0.3) is 0 Å². The standard InChI is InChI=1S/C18H21N3O4S/c1-26(24,25)21-10-14-9-20(11-18(14,12-21)17(22)23)8-13-6-7-19-16-5-3-2-4-15(13)16/h2-7,14H,8-12H2,1H3,(H,22,23)/t14-,18-/m1/s1. The maximum atomic E-state index is 12.0. The third-order valence-corrected chi connectivity index (χ3v) is 6.89. The van der Waals surface area contributed by atoms with Crippen LogP contribution in [0.25, 0.3) is 10.9 Å². The highest BCUT2D eigenvalue weighted by atomic mass is 32.2. The molecule has 2 aliphatic heterocycles. The number of aliphatic carboxylic acids is 1. The Morgan fingerprint density at radius 3 is 2.73 bits per heavy atom. The van der Waals surface area contributed by atoms with Gasteiger partial charge in [0, 0.05) is 50.2 Å². The first-order valence-corrected chi connectivity index (χ1v) is 10.4. The Kier molecular flexibility index (Phi) is 4.02. The van der Waals surface area contributed by atoms with E-state index >= 15 is 0 Å². The molecule has 0 radical (unpaired) electrons. The smallest absolute Gasteiger partial charge is 0.312 e. The summed E-state index contributed by atoms with van der Waals surface area (Å²) in [6.07, 6.45) is 2.91. The Balaban J connectivity index is 1.59. The molecule has 0 unspecified atom stereocenters. The van der Waals surface area contributed by atoms with E-state index in [2.05, 4.69) is 9.88 Å². The second-order valence-electron chi connectivity index (χ2n) is 7.37. The van der Waals surface area contributed by atoms with Crippen molar-refractivity contribution < 1.29 is 18.3 Å². The van der Waals surface area contributed by atoms with Gasteiger partial charge in [-0.1, -0.05) is 18.2 Å². The van der Waals surface area contributed by atoms with Gasteiger partial charge in [-0.05, 0) is 17.7 Å². The van der Waals surface area contributed by atoms with Crippen LogP contribution in [0.15, 0.2) is 36.5 Å². The normalized spacial score (nSPS) is 27.0. The number of aromatic nitrogens is 1. The second-order valence-corrected chi connectivity index (χ2v) is 9.35. The number of pyridine rings is 1. The van der Waals surface area contributed by atoms with Crippen molar-refractivity contribution in [2.24, 2.45) is 11.3 Å². The molecule has 2 aliphatic rings. The Morgan fingerprint density at radius 1 is 1.27 bits per heavy atom. The number of para-hydroxylation sites is 1. The number of carboxylic acid groups (broad SMARTS) is 1. The summed E-state index contributed by atoms with van der Waals surface area (Å²) in [5, 5.41) is 10.9. The fourth-order valence-corrected chi connectivity index (χ4v) is 5.25. The Bertz CT molecular complexity index is 972. The van der Waals surface area contributed by atoms with Crippen LogP contribution < -0.4 is 0 Å². The number of likely N-dealkylation sites (tertiary alicyclic amines) is 1. The van der Waals surface area contributed by atoms with Crippen LogP contribution in [-0.4, -0.2) is 66.1 Å². The first kappa shape index (κ1) is 17.4. The molecule has 0 spiro atoms. The molecular weight excluding hydrogens is 354 g/mol. The molecular formula is C18H21N3O4S. The molecule has 2 aromatic rings. The predicted octanol–water partition coefficient (Wildman–Crippen LogP) is 1.01. The van der Waals surface area contributed by atoms with Gasteiger partial charge >= 0.3 is 5.97 Å². The molecule has 2 atom stereocenters. The summed E-state index contributed by atoms with van der Waals surface area (Å²) in [6.45, 7) is 1.90. The minimum absolute atomic E-state index is 0.0550. The number of nitrogens with zero attached hydrogens (tertiary/aromatic N) is 3. The third kappa shape index (κ3) is 2.78. The van der Waals surface area contributed by atoms with Crippen LogP contribution >= 0.6 is 0 Å². The summed E-state index contributed by atoms with van der Waals surface area (Å²) in [5.74, 6) is -1.10. The molecule has 4 rings (SSSR count). The first-order valence-electron chi connectivity index (χ1n) is 8.53. The van der Waals surface area contributed by atoms with Gasteiger partial charge in [0.15, 0.2) is 0 Å². The SMILES string of the molecule is CS(=O)(=O)N1C[C@H]2CN(Cc3ccnc4ccccc34)C[C@@]2(C(=O)O)C1. The van der Waals surface area contributed by atoms with Crippen molar-refractivity contribution in [1.82, 2.24) is 14.2 Å². The van der Waals surface area contributed by atoms with Crippen molar-refractivity contribution in [3.8, 4) is 0 Å². The summed E-state index contributed by atoms with van der Waals surface area (Å²) in [7, 11) is -3.38. The van der Waals surface area contributed by atoms with Gasteiger partial charge in [-0.15, -0.1) is 0 Å². The van der Waals surface area contributed by atoms with Crippen LogP contribution in [-0.2, 0) is 21.4 Å².